The van der Waals surface area contributed by atoms with Crippen LogP contribution in [0.25, 0.3) is 10.9 Å². The number of esters is 1. The number of likely N-dealkylation sites (tertiary alicyclic amines) is 1. The van der Waals surface area contributed by atoms with E-state index >= 15 is 0 Å². The van der Waals surface area contributed by atoms with Crippen molar-refractivity contribution < 1.29 is 19.0 Å². The van der Waals surface area contributed by atoms with E-state index in [2.05, 4.69) is 36.1 Å². The Bertz CT molecular complexity index is 1140. The number of halogens is 1. The molecule has 33 heavy (non-hydrogen) atoms. The Balaban J connectivity index is 1.65. The molecule has 0 amide bonds. The molecule has 9 heteroatoms. The Morgan fingerprint density at radius 2 is 2.09 bits per heavy atom. The number of fused-ring (bicyclic) bond motifs is 1. The van der Waals surface area contributed by atoms with Crippen molar-refractivity contribution in [2.45, 2.75) is 38.5 Å². The second-order valence-corrected chi connectivity index (χ2v) is 8.69. The van der Waals surface area contributed by atoms with Gasteiger partial charge in [-0.3, -0.25) is 9.69 Å². The number of rotatable bonds is 8. The van der Waals surface area contributed by atoms with Crippen LogP contribution in [0.1, 0.15) is 26.2 Å². The molecule has 0 bridgehead atoms. The Morgan fingerprint density at radius 1 is 1.24 bits per heavy atom. The lowest BCUT2D eigenvalue weighted by molar-refractivity contribution is -0.149. The van der Waals surface area contributed by atoms with E-state index in [-0.39, 0.29) is 18.2 Å². The first-order valence-corrected chi connectivity index (χ1v) is 11.7. The van der Waals surface area contributed by atoms with Gasteiger partial charge in [0, 0.05) is 28.2 Å². The maximum absolute atomic E-state index is 12.2. The number of ether oxygens (including phenoxy) is 3. The fourth-order valence-corrected chi connectivity index (χ4v) is 4.57. The van der Waals surface area contributed by atoms with Gasteiger partial charge < -0.3 is 19.5 Å². The van der Waals surface area contributed by atoms with Crippen molar-refractivity contribution in [2.75, 3.05) is 26.1 Å². The second kappa shape index (κ2) is 10.4. The zero-order valence-corrected chi connectivity index (χ0v) is 20.5. The lowest BCUT2D eigenvalue weighted by atomic mass is 10.2. The number of carbonyl (C=O) groups is 1. The highest BCUT2D eigenvalue weighted by atomic mass is 79.9. The van der Waals surface area contributed by atoms with Crippen LogP contribution in [-0.2, 0) is 9.53 Å². The standard InChI is InChI=1S/C24H27BrN4O4/c1-4-22(29-10-6-9-19(29)24(30)32-3)33-21-13-18-17(12-20(21)31-2)23(27-14-26-18)28-16-8-5-7-15(25)11-16/h5,7-8,11-14,19,22H,4,6,9-10H2,1-3H3,(H,26,27,28). The smallest absolute Gasteiger partial charge is 0.323 e. The quantitative estimate of drug-likeness (QED) is 0.425. The zero-order valence-electron chi connectivity index (χ0n) is 18.9. The summed E-state index contributed by atoms with van der Waals surface area (Å²) in [5.74, 6) is 1.58. The van der Waals surface area contributed by atoms with Gasteiger partial charge in [-0.2, -0.15) is 0 Å². The molecule has 3 aromatic rings. The number of benzene rings is 2. The van der Waals surface area contributed by atoms with Crippen LogP contribution in [-0.4, -0.2) is 53.9 Å². The Labute approximate surface area is 201 Å². The molecule has 2 aromatic carbocycles. The lowest BCUT2D eigenvalue weighted by Gasteiger charge is -2.31. The van der Waals surface area contributed by atoms with Crippen LogP contribution >= 0.6 is 15.9 Å². The maximum atomic E-state index is 12.2. The molecule has 2 unspecified atom stereocenters. The van der Waals surface area contributed by atoms with E-state index in [0.717, 1.165) is 40.4 Å². The van der Waals surface area contributed by atoms with Gasteiger partial charge in [-0.1, -0.05) is 28.9 Å². The summed E-state index contributed by atoms with van der Waals surface area (Å²) < 4.78 is 18.0. The van der Waals surface area contributed by atoms with Crippen LogP contribution in [0, 0.1) is 0 Å². The molecule has 0 aliphatic carbocycles. The molecule has 1 aliphatic heterocycles. The van der Waals surface area contributed by atoms with Crippen LogP contribution in [0.5, 0.6) is 11.5 Å². The van der Waals surface area contributed by atoms with Gasteiger partial charge in [-0.15, -0.1) is 0 Å². The van der Waals surface area contributed by atoms with E-state index < -0.39 is 0 Å². The van der Waals surface area contributed by atoms with Crippen LogP contribution in [0.2, 0.25) is 0 Å². The molecule has 0 spiro atoms. The first kappa shape index (κ1) is 23.3. The van der Waals surface area contributed by atoms with E-state index in [1.807, 2.05) is 43.3 Å². The molecule has 174 valence electrons. The summed E-state index contributed by atoms with van der Waals surface area (Å²) in [7, 11) is 3.03. The Morgan fingerprint density at radius 3 is 2.82 bits per heavy atom. The third-order valence-corrected chi connectivity index (χ3v) is 6.25. The monoisotopic (exact) mass is 514 g/mol. The SMILES string of the molecule is CCC(Oc1cc2ncnc(Nc3cccc(Br)c3)c2cc1OC)N1CCCC1C(=O)OC. The summed E-state index contributed by atoms with van der Waals surface area (Å²) in [6.07, 6.45) is 3.62. The highest BCUT2D eigenvalue weighted by molar-refractivity contribution is 9.10. The van der Waals surface area contributed by atoms with Gasteiger partial charge in [-0.05, 0) is 43.5 Å². The molecule has 8 nitrogen and oxygen atoms in total. The average molecular weight is 515 g/mol. The molecule has 0 saturated carbocycles. The number of nitrogens with zero attached hydrogens (tertiary/aromatic N) is 3. The van der Waals surface area contributed by atoms with Crippen LogP contribution < -0.4 is 14.8 Å². The number of nitrogens with one attached hydrogen (secondary N) is 1. The fraction of sp³-hybridized carbons (Fsp3) is 0.375. The number of methoxy groups -OCH3 is 2. The summed E-state index contributed by atoms with van der Waals surface area (Å²) in [6.45, 7) is 2.81. The van der Waals surface area contributed by atoms with Crippen molar-refractivity contribution in [3.8, 4) is 11.5 Å². The topological polar surface area (TPSA) is 85.8 Å². The highest BCUT2D eigenvalue weighted by Crippen LogP contribution is 2.36. The van der Waals surface area contributed by atoms with E-state index in [1.54, 1.807) is 7.11 Å². The van der Waals surface area contributed by atoms with Gasteiger partial charge in [0.15, 0.2) is 17.7 Å². The Kier molecular flexibility index (Phi) is 7.29. The predicted molar refractivity (Wildman–Crippen MR) is 130 cm³/mol. The van der Waals surface area contributed by atoms with E-state index in [1.165, 1.54) is 13.4 Å². The molecule has 2 atom stereocenters. The number of carbonyl (C=O) groups excluding carboxylic acids is 1. The van der Waals surface area contributed by atoms with Crippen LogP contribution in [0.3, 0.4) is 0 Å². The summed E-state index contributed by atoms with van der Waals surface area (Å²) in [5, 5.41) is 4.15. The number of aromatic nitrogens is 2. The minimum Gasteiger partial charge on any atom is -0.493 e. The first-order chi connectivity index (χ1) is 16.0. The third kappa shape index (κ3) is 5.04. The van der Waals surface area contributed by atoms with Crippen molar-refractivity contribution in [3.63, 3.8) is 0 Å². The van der Waals surface area contributed by atoms with Crippen LogP contribution in [0.4, 0.5) is 11.5 Å². The van der Waals surface area contributed by atoms with Gasteiger partial charge in [-0.25, -0.2) is 9.97 Å². The minimum atomic E-state index is -0.297. The molecule has 1 aliphatic rings. The summed E-state index contributed by atoms with van der Waals surface area (Å²) in [5.41, 5.74) is 1.62. The van der Waals surface area contributed by atoms with Gasteiger partial charge in [0.1, 0.15) is 18.2 Å². The number of hydrogen-bond acceptors (Lipinski definition) is 8. The highest BCUT2D eigenvalue weighted by Gasteiger charge is 2.37. The van der Waals surface area contributed by atoms with Crippen molar-refractivity contribution in [1.82, 2.24) is 14.9 Å². The van der Waals surface area contributed by atoms with Crippen LogP contribution in [0.15, 0.2) is 47.2 Å². The average Bonchev–Trinajstić information content (AvgIpc) is 3.31. The number of anilines is 2. The van der Waals surface area contributed by atoms with Crippen molar-refractivity contribution >= 4 is 44.3 Å². The molecule has 1 aromatic heterocycles. The molecule has 2 heterocycles. The molecule has 1 fully saturated rings. The predicted octanol–water partition coefficient (Wildman–Crippen LogP) is 4.90. The summed E-state index contributed by atoms with van der Waals surface area (Å²) in [4.78, 5) is 23.2. The van der Waals surface area contributed by atoms with Gasteiger partial charge in [0.2, 0.25) is 0 Å². The van der Waals surface area contributed by atoms with Crippen molar-refractivity contribution in [3.05, 3.63) is 47.2 Å². The molecule has 0 radical (unpaired) electrons. The van der Waals surface area contributed by atoms with Gasteiger partial charge >= 0.3 is 5.97 Å². The van der Waals surface area contributed by atoms with Gasteiger partial charge in [0.05, 0.1) is 19.7 Å². The molecular formula is C24H27BrN4O4. The van der Waals surface area contributed by atoms with E-state index in [4.69, 9.17) is 14.2 Å². The fourth-order valence-electron chi connectivity index (χ4n) is 4.17. The first-order valence-electron chi connectivity index (χ1n) is 10.9. The largest absolute Gasteiger partial charge is 0.493 e. The summed E-state index contributed by atoms with van der Waals surface area (Å²) >= 11 is 3.49. The van der Waals surface area contributed by atoms with Crippen molar-refractivity contribution in [2.24, 2.45) is 0 Å². The van der Waals surface area contributed by atoms with Gasteiger partial charge in [0.25, 0.3) is 0 Å². The maximum Gasteiger partial charge on any atom is 0.323 e. The summed E-state index contributed by atoms with van der Waals surface area (Å²) in [6, 6.07) is 11.3. The van der Waals surface area contributed by atoms with Crippen molar-refractivity contribution in [1.29, 1.82) is 0 Å². The minimum absolute atomic E-state index is 0.226. The number of hydrogen-bond donors (Lipinski definition) is 1. The molecule has 1 N–H and O–H groups in total. The van der Waals surface area contributed by atoms with E-state index in [0.29, 0.717) is 23.7 Å². The lowest BCUT2D eigenvalue weighted by Crippen LogP contribution is -2.46. The molecule has 1 saturated heterocycles. The Hall–Kier alpha value is -2.91. The molecular weight excluding hydrogens is 488 g/mol. The zero-order chi connectivity index (χ0) is 23.4. The normalized spacial score (nSPS) is 17.0. The molecule has 4 rings (SSSR count). The second-order valence-electron chi connectivity index (χ2n) is 7.78. The van der Waals surface area contributed by atoms with E-state index in [9.17, 15) is 4.79 Å². The third-order valence-electron chi connectivity index (χ3n) is 5.76.